The van der Waals surface area contributed by atoms with Crippen molar-refractivity contribution in [2.45, 2.75) is 6.54 Å². The van der Waals surface area contributed by atoms with Gasteiger partial charge in [-0.15, -0.1) is 11.3 Å². The fourth-order valence-corrected chi connectivity index (χ4v) is 3.14. The Kier molecular flexibility index (Phi) is 5.79. The molecule has 2 heterocycles. The second kappa shape index (κ2) is 8.24. The summed E-state index contributed by atoms with van der Waals surface area (Å²) in [5, 5.41) is 14.8. The van der Waals surface area contributed by atoms with Gasteiger partial charge in [0.1, 0.15) is 23.2 Å². The summed E-state index contributed by atoms with van der Waals surface area (Å²) in [7, 11) is 0. The van der Waals surface area contributed by atoms with E-state index in [2.05, 4.69) is 5.32 Å². The van der Waals surface area contributed by atoms with Gasteiger partial charge < -0.3 is 9.73 Å². The number of furan rings is 1. The van der Waals surface area contributed by atoms with Crippen LogP contribution in [0.5, 0.6) is 0 Å². The molecule has 2 aromatic heterocycles. The van der Waals surface area contributed by atoms with Gasteiger partial charge in [0.2, 0.25) is 0 Å². The number of thiophene rings is 1. The molecule has 1 amide bonds. The van der Waals surface area contributed by atoms with Crippen LogP contribution in [0.15, 0.2) is 57.8 Å². The summed E-state index contributed by atoms with van der Waals surface area (Å²) in [6.07, 6.45) is 1.41. The molecule has 130 valence electrons. The van der Waals surface area contributed by atoms with Crippen LogP contribution in [0.2, 0.25) is 10.0 Å². The largest absolute Gasteiger partial charge is 0.457 e. The highest BCUT2D eigenvalue weighted by Crippen LogP contribution is 2.30. The van der Waals surface area contributed by atoms with Crippen molar-refractivity contribution in [3.05, 3.63) is 74.1 Å². The molecule has 7 heteroatoms. The van der Waals surface area contributed by atoms with Gasteiger partial charge in [0.15, 0.2) is 0 Å². The van der Waals surface area contributed by atoms with Crippen molar-refractivity contribution in [2.24, 2.45) is 0 Å². The van der Waals surface area contributed by atoms with Gasteiger partial charge in [-0.25, -0.2) is 0 Å². The maximum Gasteiger partial charge on any atom is 0.262 e. The van der Waals surface area contributed by atoms with Gasteiger partial charge in [0.25, 0.3) is 5.91 Å². The molecule has 0 unspecified atom stereocenters. The Morgan fingerprint density at radius 3 is 2.77 bits per heavy atom. The molecule has 3 aromatic rings. The summed E-state index contributed by atoms with van der Waals surface area (Å²) >= 11 is 13.5. The number of halogens is 2. The molecular weight excluding hydrogens is 391 g/mol. The van der Waals surface area contributed by atoms with Crippen molar-refractivity contribution in [1.29, 1.82) is 5.26 Å². The van der Waals surface area contributed by atoms with Crippen LogP contribution in [0, 0.1) is 11.3 Å². The zero-order chi connectivity index (χ0) is 18.5. The third-order valence-electron chi connectivity index (χ3n) is 3.49. The number of nitrogens with zero attached hydrogens (tertiary/aromatic N) is 1. The lowest BCUT2D eigenvalue weighted by Gasteiger charge is -2.02. The standard InChI is InChI=1S/C19H12Cl2N2O2S/c20-16-5-3-12(9-17(16)21)18-6-4-14(25-18)8-13(10-22)19(24)23-11-15-2-1-7-26-15/h1-9H,11H2,(H,23,24)/b13-8+. The Labute approximate surface area is 164 Å². The Morgan fingerprint density at radius 2 is 2.08 bits per heavy atom. The molecule has 0 saturated heterocycles. The molecule has 0 aliphatic heterocycles. The molecule has 0 aliphatic rings. The number of hydrogen-bond acceptors (Lipinski definition) is 4. The predicted octanol–water partition coefficient (Wildman–Crippen LogP) is 5.54. The van der Waals surface area contributed by atoms with Gasteiger partial charge in [-0.05, 0) is 41.8 Å². The Hall–Kier alpha value is -2.52. The molecule has 0 aliphatic carbocycles. The molecule has 0 spiro atoms. The van der Waals surface area contributed by atoms with Crippen molar-refractivity contribution in [1.82, 2.24) is 5.32 Å². The van der Waals surface area contributed by atoms with E-state index in [1.54, 1.807) is 30.3 Å². The molecule has 4 nitrogen and oxygen atoms in total. The minimum Gasteiger partial charge on any atom is -0.457 e. The lowest BCUT2D eigenvalue weighted by Crippen LogP contribution is -2.23. The fraction of sp³-hybridized carbons (Fsp3) is 0.0526. The first kappa shape index (κ1) is 18.3. The van der Waals surface area contributed by atoms with Crippen LogP contribution in [0.3, 0.4) is 0 Å². The van der Waals surface area contributed by atoms with Crippen LogP contribution >= 0.6 is 34.5 Å². The average Bonchev–Trinajstić information content (AvgIpc) is 3.31. The molecule has 3 rings (SSSR count). The summed E-state index contributed by atoms with van der Waals surface area (Å²) in [5.74, 6) is 0.508. The molecular formula is C19H12Cl2N2O2S. The Bertz CT molecular complexity index is 1000. The van der Waals surface area contributed by atoms with Gasteiger partial charge in [0, 0.05) is 16.5 Å². The maximum atomic E-state index is 12.2. The molecule has 1 aromatic carbocycles. The molecule has 1 N–H and O–H groups in total. The minimum atomic E-state index is -0.451. The van der Waals surface area contributed by atoms with Crippen molar-refractivity contribution in [2.75, 3.05) is 0 Å². The first-order valence-electron chi connectivity index (χ1n) is 7.54. The second-order valence-corrected chi connectivity index (χ2v) is 7.11. The quantitative estimate of drug-likeness (QED) is 0.449. The van der Waals surface area contributed by atoms with E-state index in [-0.39, 0.29) is 5.57 Å². The van der Waals surface area contributed by atoms with Crippen LogP contribution in [0.1, 0.15) is 10.6 Å². The van der Waals surface area contributed by atoms with Crippen LogP contribution in [-0.4, -0.2) is 5.91 Å². The number of carbonyl (C=O) groups excluding carboxylic acids is 1. The van der Waals surface area contributed by atoms with Crippen molar-refractivity contribution in [3.63, 3.8) is 0 Å². The normalized spacial score (nSPS) is 11.2. The van der Waals surface area contributed by atoms with Crippen molar-refractivity contribution < 1.29 is 9.21 Å². The second-order valence-electron chi connectivity index (χ2n) is 5.26. The third-order valence-corrected chi connectivity index (χ3v) is 5.10. The lowest BCUT2D eigenvalue weighted by molar-refractivity contribution is -0.117. The molecule has 26 heavy (non-hydrogen) atoms. The Morgan fingerprint density at radius 1 is 1.23 bits per heavy atom. The predicted molar refractivity (Wildman–Crippen MR) is 104 cm³/mol. The van der Waals surface area contributed by atoms with Crippen LogP contribution < -0.4 is 5.32 Å². The fourth-order valence-electron chi connectivity index (χ4n) is 2.20. The molecule has 0 atom stereocenters. The number of rotatable bonds is 5. The SMILES string of the molecule is N#C/C(=C\c1ccc(-c2ccc(Cl)c(Cl)c2)o1)C(=O)NCc1cccs1. The zero-order valence-electron chi connectivity index (χ0n) is 13.3. The van der Waals surface area contributed by atoms with Gasteiger partial charge in [-0.1, -0.05) is 29.3 Å². The van der Waals surface area contributed by atoms with E-state index in [1.807, 2.05) is 23.6 Å². The van der Waals surface area contributed by atoms with Gasteiger partial charge in [0.05, 0.1) is 16.6 Å². The number of benzene rings is 1. The lowest BCUT2D eigenvalue weighted by atomic mass is 10.2. The monoisotopic (exact) mass is 402 g/mol. The number of hydrogen-bond donors (Lipinski definition) is 1. The summed E-state index contributed by atoms with van der Waals surface area (Å²) in [6.45, 7) is 0.377. The highest BCUT2D eigenvalue weighted by molar-refractivity contribution is 7.09. The van der Waals surface area contributed by atoms with Gasteiger partial charge in [-0.2, -0.15) is 5.26 Å². The first-order valence-corrected chi connectivity index (χ1v) is 9.18. The van der Waals surface area contributed by atoms with E-state index >= 15 is 0 Å². The zero-order valence-corrected chi connectivity index (χ0v) is 15.7. The number of nitrogens with one attached hydrogen (secondary N) is 1. The van der Waals surface area contributed by atoms with E-state index in [1.165, 1.54) is 17.4 Å². The number of amides is 1. The van der Waals surface area contributed by atoms with Gasteiger partial charge in [-0.3, -0.25) is 4.79 Å². The average molecular weight is 403 g/mol. The smallest absolute Gasteiger partial charge is 0.262 e. The highest BCUT2D eigenvalue weighted by Gasteiger charge is 2.11. The molecule has 0 bridgehead atoms. The van der Waals surface area contributed by atoms with E-state index in [9.17, 15) is 10.1 Å². The van der Waals surface area contributed by atoms with Crippen LogP contribution in [0.4, 0.5) is 0 Å². The molecule has 0 fully saturated rings. The minimum absolute atomic E-state index is 0.0309. The summed E-state index contributed by atoms with van der Waals surface area (Å²) in [5.41, 5.74) is 0.719. The number of nitriles is 1. The van der Waals surface area contributed by atoms with Crippen molar-refractivity contribution in [3.8, 4) is 17.4 Å². The Balaban J connectivity index is 1.75. The van der Waals surface area contributed by atoms with Gasteiger partial charge >= 0.3 is 0 Å². The molecule has 0 saturated carbocycles. The maximum absolute atomic E-state index is 12.2. The number of carbonyl (C=O) groups is 1. The highest BCUT2D eigenvalue weighted by atomic mass is 35.5. The van der Waals surface area contributed by atoms with E-state index in [4.69, 9.17) is 27.6 Å². The van der Waals surface area contributed by atoms with E-state index < -0.39 is 5.91 Å². The topological polar surface area (TPSA) is 66.0 Å². The van der Waals surface area contributed by atoms with Crippen molar-refractivity contribution >= 4 is 46.5 Å². The van der Waals surface area contributed by atoms with E-state index in [0.29, 0.717) is 28.1 Å². The van der Waals surface area contributed by atoms with Crippen LogP contribution in [0.25, 0.3) is 17.4 Å². The van der Waals surface area contributed by atoms with E-state index in [0.717, 1.165) is 10.4 Å². The summed E-state index contributed by atoms with van der Waals surface area (Å²) in [6, 6.07) is 14.3. The summed E-state index contributed by atoms with van der Waals surface area (Å²) < 4.78 is 5.69. The first-order chi connectivity index (χ1) is 12.6. The molecule has 0 radical (unpaired) electrons. The van der Waals surface area contributed by atoms with Crippen LogP contribution in [-0.2, 0) is 11.3 Å². The third kappa shape index (κ3) is 4.36. The summed E-state index contributed by atoms with van der Waals surface area (Å²) in [4.78, 5) is 13.2.